The van der Waals surface area contributed by atoms with Crippen LogP contribution < -0.4 is 4.74 Å². The second-order valence-electron chi connectivity index (χ2n) is 8.47. The number of amides is 1. The van der Waals surface area contributed by atoms with E-state index in [2.05, 4.69) is 33.8 Å². The third-order valence-electron chi connectivity index (χ3n) is 6.58. The lowest BCUT2D eigenvalue weighted by atomic mass is 9.74. The molecule has 1 saturated heterocycles. The van der Waals surface area contributed by atoms with Crippen molar-refractivity contribution in [2.24, 2.45) is 11.8 Å². The number of nitrogens with zero attached hydrogens (tertiary/aromatic N) is 1. The fourth-order valence-corrected chi connectivity index (χ4v) is 4.69. The van der Waals surface area contributed by atoms with Gasteiger partial charge in [0.25, 0.3) is 0 Å². The van der Waals surface area contributed by atoms with Crippen LogP contribution in [0.5, 0.6) is 5.75 Å². The minimum Gasteiger partial charge on any atom is -0.493 e. The topological polar surface area (TPSA) is 49.8 Å². The van der Waals surface area contributed by atoms with Gasteiger partial charge in [-0.3, -0.25) is 4.79 Å². The van der Waals surface area contributed by atoms with E-state index in [1.54, 1.807) is 0 Å². The zero-order chi connectivity index (χ0) is 19.6. The molecule has 4 heteroatoms. The average Bonchev–Trinajstić information content (AvgIpc) is 2.68. The molecule has 0 unspecified atom stereocenters. The van der Waals surface area contributed by atoms with Crippen LogP contribution in [-0.4, -0.2) is 41.7 Å². The molecule has 27 heavy (non-hydrogen) atoms. The predicted octanol–water partition coefficient (Wildman–Crippen LogP) is 3.82. The van der Waals surface area contributed by atoms with Crippen LogP contribution in [0.4, 0.5) is 0 Å². The van der Waals surface area contributed by atoms with Crippen molar-refractivity contribution < 1.29 is 14.6 Å². The van der Waals surface area contributed by atoms with Crippen molar-refractivity contribution >= 4 is 5.91 Å². The first kappa shape index (κ1) is 20.2. The molecule has 1 aliphatic heterocycles. The first-order valence-corrected chi connectivity index (χ1v) is 10.6. The molecular weight excluding hydrogens is 338 g/mol. The molecule has 2 atom stereocenters. The van der Waals surface area contributed by atoms with Crippen LogP contribution in [-0.2, 0) is 17.6 Å². The summed E-state index contributed by atoms with van der Waals surface area (Å²) >= 11 is 0. The van der Waals surface area contributed by atoms with Crippen molar-refractivity contribution in [2.75, 3.05) is 19.7 Å². The summed E-state index contributed by atoms with van der Waals surface area (Å²) in [5.74, 6) is 1.70. The fraction of sp³-hybridized carbons (Fsp3) is 0.696. The first-order valence-electron chi connectivity index (χ1n) is 10.6. The highest BCUT2D eigenvalue weighted by Crippen LogP contribution is 2.38. The minimum absolute atomic E-state index is 0.0355. The number of aliphatic hydroxyl groups excluding tert-OH is 1. The van der Waals surface area contributed by atoms with Crippen LogP contribution in [0.25, 0.3) is 0 Å². The van der Waals surface area contributed by atoms with E-state index in [4.69, 9.17) is 4.74 Å². The second-order valence-corrected chi connectivity index (χ2v) is 8.47. The van der Waals surface area contributed by atoms with Gasteiger partial charge in [-0.2, -0.15) is 0 Å². The lowest BCUT2D eigenvalue weighted by Crippen LogP contribution is -2.44. The summed E-state index contributed by atoms with van der Waals surface area (Å²) in [6.07, 6.45) is 5.29. The molecule has 1 aromatic carbocycles. The Kier molecular flexibility index (Phi) is 6.46. The number of rotatable bonds is 5. The molecule has 1 aromatic rings. The van der Waals surface area contributed by atoms with Gasteiger partial charge in [-0.05, 0) is 86.6 Å². The molecule has 2 aliphatic rings. The molecule has 1 heterocycles. The van der Waals surface area contributed by atoms with E-state index in [-0.39, 0.29) is 17.9 Å². The Bertz CT molecular complexity index is 677. The summed E-state index contributed by atoms with van der Waals surface area (Å²) in [6, 6.07) is 2.19. The molecule has 0 bridgehead atoms. The zero-order valence-corrected chi connectivity index (χ0v) is 17.4. The van der Waals surface area contributed by atoms with Crippen LogP contribution in [0.2, 0.25) is 0 Å². The van der Waals surface area contributed by atoms with Gasteiger partial charge in [0, 0.05) is 19.0 Å². The Labute approximate surface area is 163 Å². The third-order valence-corrected chi connectivity index (χ3v) is 6.58. The van der Waals surface area contributed by atoms with Crippen molar-refractivity contribution in [1.82, 2.24) is 4.90 Å². The van der Waals surface area contributed by atoms with Gasteiger partial charge >= 0.3 is 0 Å². The molecule has 1 aliphatic carbocycles. The number of likely N-dealkylation sites (tertiary alicyclic amines) is 1. The van der Waals surface area contributed by atoms with Crippen LogP contribution in [0.15, 0.2) is 6.07 Å². The maximum absolute atomic E-state index is 13.0. The summed E-state index contributed by atoms with van der Waals surface area (Å²) in [5, 5.41) is 9.70. The van der Waals surface area contributed by atoms with Gasteiger partial charge in [-0.1, -0.05) is 13.8 Å². The van der Waals surface area contributed by atoms with E-state index < -0.39 is 0 Å². The zero-order valence-electron chi connectivity index (χ0n) is 17.4. The van der Waals surface area contributed by atoms with Crippen LogP contribution in [0.3, 0.4) is 0 Å². The maximum Gasteiger partial charge on any atom is 0.225 e. The smallest absolute Gasteiger partial charge is 0.225 e. The lowest BCUT2D eigenvalue weighted by Gasteiger charge is -2.36. The minimum atomic E-state index is -0.238. The summed E-state index contributed by atoms with van der Waals surface area (Å²) in [6.45, 7) is 10.7. The van der Waals surface area contributed by atoms with Crippen molar-refractivity contribution in [1.29, 1.82) is 0 Å². The molecule has 0 radical (unpaired) electrons. The maximum atomic E-state index is 13.0. The Balaban J connectivity index is 1.74. The Morgan fingerprint density at radius 1 is 1.26 bits per heavy atom. The highest BCUT2D eigenvalue weighted by molar-refractivity contribution is 5.79. The second kappa shape index (κ2) is 8.64. The number of aryl methyl sites for hydroxylation is 1. The first-order chi connectivity index (χ1) is 12.9. The molecule has 3 rings (SSSR count). The van der Waals surface area contributed by atoms with Gasteiger partial charge in [-0.25, -0.2) is 0 Å². The van der Waals surface area contributed by atoms with Crippen LogP contribution >= 0.6 is 0 Å². The Morgan fingerprint density at radius 3 is 2.63 bits per heavy atom. The van der Waals surface area contributed by atoms with Gasteiger partial charge in [0.15, 0.2) is 0 Å². The van der Waals surface area contributed by atoms with Crippen molar-refractivity contribution in [2.45, 2.75) is 72.3 Å². The molecule has 1 N–H and O–H groups in total. The van der Waals surface area contributed by atoms with Gasteiger partial charge in [0.05, 0.1) is 12.7 Å². The van der Waals surface area contributed by atoms with Crippen molar-refractivity contribution in [3.63, 3.8) is 0 Å². The molecule has 4 nitrogen and oxygen atoms in total. The fourth-order valence-electron chi connectivity index (χ4n) is 4.69. The molecule has 150 valence electrons. The third kappa shape index (κ3) is 4.31. The summed E-state index contributed by atoms with van der Waals surface area (Å²) in [4.78, 5) is 15.0. The van der Waals surface area contributed by atoms with Gasteiger partial charge in [-0.15, -0.1) is 0 Å². The van der Waals surface area contributed by atoms with E-state index in [9.17, 15) is 9.90 Å². The van der Waals surface area contributed by atoms with Crippen molar-refractivity contribution in [3.05, 3.63) is 28.3 Å². The highest BCUT2D eigenvalue weighted by atomic mass is 16.5. The standard InChI is InChI=1S/C23H35NO3/c1-5-12-27-22-13-15(2)20-7-6-18(14-21(20)17(22)4)16(3)23(26)24-10-8-19(25)9-11-24/h13,16,18-19,25H,5-12,14H2,1-4H3/t16-,18+/m0/s1. The summed E-state index contributed by atoms with van der Waals surface area (Å²) in [5.41, 5.74) is 5.46. The van der Waals surface area contributed by atoms with Gasteiger partial charge in [0.1, 0.15) is 5.75 Å². The lowest BCUT2D eigenvalue weighted by molar-refractivity contribution is -0.138. The largest absolute Gasteiger partial charge is 0.493 e. The molecule has 1 amide bonds. The monoisotopic (exact) mass is 373 g/mol. The predicted molar refractivity (Wildman–Crippen MR) is 108 cm³/mol. The number of piperidine rings is 1. The van der Waals surface area contributed by atoms with E-state index in [0.29, 0.717) is 31.8 Å². The molecule has 0 saturated carbocycles. The van der Waals surface area contributed by atoms with E-state index >= 15 is 0 Å². The molecular formula is C23H35NO3. The number of benzene rings is 1. The number of aliphatic hydroxyl groups is 1. The number of hydrogen-bond acceptors (Lipinski definition) is 3. The Hall–Kier alpha value is -1.55. The normalized spacial score (nSPS) is 21.7. The molecule has 0 spiro atoms. The quantitative estimate of drug-likeness (QED) is 0.854. The van der Waals surface area contributed by atoms with Crippen LogP contribution in [0.1, 0.15) is 61.8 Å². The molecule has 0 aromatic heterocycles. The van der Waals surface area contributed by atoms with Gasteiger partial charge < -0.3 is 14.7 Å². The summed E-state index contributed by atoms with van der Waals surface area (Å²) in [7, 11) is 0. The number of carbonyl (C=O) groups excluding carboxylic acids is 1. The van der Waals surface area contributed by atoms with E-state index in [0.717, 1.165) is 38.0 Å². The number of hydrogen-bond donors (Lipinski definition) is 1. The Morgan fingerprint density at radius 2 is 1.96 bits per heavy atom. The highest BCUT2D eigenvalue weighted by Gasteiger charge is 2.33. The van der Waals surface area contributed by atoms with Crippen LogP contribution in [0, 0.1) is 25.7 Å². The number of ether oxygens (including phenoxy) is 1. The van der Waals surface area contributed by atoms with Gasteiger partial charge in [0.2, 0.25) is 5.91 Å². The van der Waals surface area contributed by atoms with E-state index in [1.165, 1.54) is 22.3 Å². The van der Waals surface area contributed by atoms with E-state index in [1.807, 2.05) is 4.90 Å². The molecule has 1 fully saturated rings. The summed E-state index contributed by atoms with van der Waals surface area (Å²) < 4.78 is 5.98. The number of carbonyl (C=O) groups is 1. The van der Waals surface area contributed by atoms with Crippen molar-refractivity contribution in [3.8, 4) is 5.75 Å². The SMILES string of the molecule is CCCOc1cc(C)c2c(c1C)C[C@H]([C@H](C)C(=O)N1CCC(O)CC1)CC2. The number of fused-ring (bicyclic) bond motifs is 1. The average molecular weight is 374 g/mol.